The van der Waals surface area contributed by atoms with Gasteiger partial charge in [-0.25, -0.2) is 0 Å². The monoisotopic (exact) mass is 336 g/mol. The summed E-state index contributed by atoms with van der Waals surface area (Å²) in [5, 5.41) is 2.83. The van der Waals surface area contributed by atoms with Gasteiger partial charge in [0.25, 0.3) is 5.91 Å². The summed E-state index contributed by atoms with van der Waals surface area (Å²) in [6, 6.07) is 12.8. The summed E-state index contributed by atoms with van der Waals surface area (Å²) in [7, 11) is 0. The van der Waals surface area contributed by atoms with Crippen molar-refractivity contribution in [3.05, 3.63) is 52.5 Å². The number of halogens is 1. The van der Waals surface area contributed by atoms with Gasteiger partial charge in [0.2, 0.25) is 0 Å². The van der Waals surface area contributed by atoms with E-state index in [1.165, 1.54) is 0 Å². The molecule has 3 nitrogen and oxygen atoms in total. The number of hydrogen-bond acceptors (Lipinski definition) is 3. The first kappa shape index (κ1) is 14.0. The van der Waals surface area contributed by atoms with Gasteiger partial charge in [-0.15, -0.1) is 11.8 Å². The summed E-state index contributed by atoms with van der Waals surface area (Å²) in [5.74, 6) is -0.135. The van der Waals surface area contributed by atoms with Crippen LogP contribution in [0.15, 0.2) is 51.8 Å². The van der Waals surface area contributed by atoms with Crippen LogP contribution in [-0.4, -0.2) is 12.2 Å². The van der Waals surface area contributed by atoms with Crippen molar-refractivity contribution in [3.8, 4) is 0 Å². The molecule has 0 aliphatic carbocycles. The molecule has 1 amide bonds. The number of thioether (sulfide) groups is 1. The molecular weight excluding hydrogens is 324 g/mol. The molecule has 3 N–H and O–H groups in total. The molecule has 2 aromatic rings. The van der Waals surface area contributed by atoms with E-state index in [1.807, 2.05) is 30.5 Å². The van der Waals surface area contributed by atoms with Crippen LogP contribution in [0.3, 0.4) is 0 Å². The summed E-state index contributed by atoms with van der Waals surface area (Å²) in [5.41, 5.74) is 7.68. The van der Waals surface area contributed by atoms with Crippen LogP contribution < -0.4 is 11.1 Å². The van der Waals surface area contributed by atoms with E-state index in [-0.39, 0.29) is 5.91 Å². The van der Waals surface area contributed by atoms with Crippen molar-refractivity contribution in [2.75, 3.05) is 17.3 Å². The van der Waals surface area contributed by atoms with Gasteiger partial charge >= 0.3 is 0 Å². The Kier molecular flexibility index (Phi) is 4.50. The van der Waals surface area contributed by atoms with Crippen LogP contribution in [0.1, 0.15) is 10.4 Å². The van der Waals surface area contributed by atoms with Crippen molar-refractivity contribution in [2.24, 2.45) is 0 Å². The number of carbonyl (C=O) groups is 1. The summed E-state index contributed by atoms with van der Waals surface area (Å²) in [6.07, 6.45) is 2.00. The van der Waals surface area contributed by atoms with E-state index in [4.69, 9.17) is 5.73 Å². The molecule has 0 aliphatic heterocycles. The van der Waals surface area contributed by atoms with Crippen LogP contribution in [-0.2, 0) is 0 Å². The van der Waals surface area contributed by atoms with E-state index >= 15 is 0 Å². The normalized spacial score (nSPS) is 10.2. The molecule has 0 unspecified atom stereocenters. The first-order chi connectivity index (χ1) is 9.10. The molecule has 2 aromatic carbocycles. The number of nitrogens with one attached hydrogen (secondary N) is 1. The van der Waals surface area contributed by atoms with Crippen LogP contribution in [0, 0.1) is 0 Å². The Bertz CT molecular complexity index is 599. The lowest BCUT2D eigenvalue weighted by Crippen LogP contribution is -2.11. The second-order valence-electron chi connectivity index (χ2n) is 3.92. The summed E-state index contributed by atoms with van der Waals surface area (Å²) < 4.78 is 0.767. The van der Waals surface area contributed by atoms with E-state index in [1.54, 1.807) is 30.0 Å². The minimum absolute atomic E-state index is 0.135. The molecule has 0 radical (unpaired) electrons. The summed E-state index contributed by atoms with van der Waals surface area (Å²) in [6.45, 7) is 0. The Morgan fingerprint density at radius 2 is 1.89 bits per heavy atom. The largest absolute Gasteiger partial charge is 0.398 e. The molecule has 0 bridgehead atoms. The van der Waals surface area contributed by atoms with Gasteiger partial charge in [0, 0.05) is 26.3 Å². The van der Waals surface area contributed by atoms with E-state index < -0.39 is 0 Å². The zero-order valence-corrected chi connectivity index (χ0v) is 12.7. The zero-order chi connectivity index (χ0) is 13.8. The first-order valence-corrected chi connectivity index (χ1v) is 7.62. The van der Waals surface area contributed by atoms with Gasteiger partial charge in [-0.2, -0.15) is 0 Å². The minimum Gasteiger partial charge on any atom is -0.398 e. The average Bonchev–Trinajstić information content (AvgIpc) is 2.43. The fourth-order valence-electron chi connectivity index (χ4n) is 1.55. The molecule has 2 rings (SSSR count). The maximum Gasteiger partial charge on any atom is 0.255 e. The lowest BCUT2D eigenvalue weighted by molar-refractivity contribution is 0.102. The predicted molar refractivity (Wildman–Crippen MR) is 84.7 cm³/mol. The van der Waals surface area contributed by atoms with Crippen molar-refractivity contribution < 1.29 is 4.79 Å². The molecule has 0 heterocycles. The Morgan fingerprint density at radius 3 is 2.47 bits per heavy atom. The molecule has 98 valence electrons. The highest BCUT2D eigenvalue weighted by molar-refractivity contribution is 9.10. The van der Waals surface area contributed by atoms with Gasteiger partial charge in [0.05, 0.1) is 0 Å². The van der Waals surface area contributed by atoms with E-state index in [0.29, 0.717) is 16.9 Å². The summed E-state index contributed by atoms with van der Waals surface area (Å²) >= 11 is 4.98. The van der Waals surface area contributed by atoms with Crippen LogP contribution in [0.5, 0.6) is 0 Å². The SMILES string of the molecule is CSc1ccc(C(=O)Nc2ccc(N)c(Br)c2)cc1. The quantitative estimate of drug-likeness (QED) is 0.657. The highest BCUT2D eigenvalue weighted by Crippen LogP contribution is 2.23. The third-order valence-electron chi connectivity index (χ3n) is 2.61. The van der Waals surface area contributed by atoms with Gasteiger partial charge in [-0.05, 0) is 64.7 Å². The summed E-state index contributed by atoms with van der Waals surface area (Å²) in [4.78, 5) is 13.2. The molecule has 0 aromatic heterocycles. The van der Waals surface area contributed by atoms with Crippen molar-refractivity contribution in [1.29, 1.82) is 0 Å². The number of rotatable bonds is 3. The molecule has 0 spiro atoms. The lowest BCUT2D eigenvalue weighted by atomic mass is 10.2. The Balaban J connectivity index is 2.13. The van der Waals surface area contributed by atoms with Gasteiger partial charge in [-0.1, -0.05) is 0 Å². The van der Waals surface area contributed by atoms with Gasteiger partial charge in [-0.3, -0.25) is 4.79 Å². The molecule has 0 fully saturated rings. The number of anilines is 2. The van der Waals surface area contributed by atoms with Gasteiger partial charge < -0.3 is 11.1 Å². The molecule has 0 saturated carbocycles. The highest BCUT2D eigenvalue weighted by Gasteiger charge is 2.06. The number of hydrogen-bond donors (Lipinski definition) is 2. The van der Waals surface area contributed by atoms with E-state index in [2.05, 4.69) is 21.2 Å². The van der Waals surface area contributed by atoms with Crippen LogP contribution in [0.25, 0.3) is 0 Å². The third-order valence-corrected chi connectivity index (χ3v) is 4.04. The first-order valence-electron chi connectivity index (χ1n) is 5.60. The maximum absolute atomic E-state index is 12.0. The van der Waals surface area contributed by atoms with Gasteiger partial charge in [0.1, 0.15) is 0 Å². The van der Waals surface area contributed by atoms with Crippen molar-refractivity contribution in [2.45, 2.75) is 4.90 Å². The predicted octanol–water partition coefficient (Wildman–Crippen LogP) is 4.01. The minimum atomic E-state index is -0.135. The number of benzene rings is 2. The van der Waals surface area contributed by atoms with Crippen LogP contribution in [0.4, 0.5) is 11.4 Å². The fraction of sp³-hybridized carbons (Fsp3) is 0.0714. The smallest absolute Gasteiger partial charge is 0.255 e. The van der Waals surface area contributed by atoms with E-state index in [9.17, 15) is 4.79 Å². The van der Waals surface area contributed by atoms with Crippen LogP contribution >= 0.6 is 27.7 Å². The molecule has 0 aliphatic rings. The molecule has 0 atom stereocenters. The highest BCUT2D eigenvalue weighted by atomic mass is 79.9. The van der Waals surface area contributed by atoms with E-state index in [0.717, 1.165) is 9.37 Å². The number of nitrogens with two attached hydrogens (primary N) is 1. The third kappa shape index (κ3) is 3.52. The number of amides is 1. The standard InChI is InChI=1S/C14H13BrN2OS/c1-19-11-5-2-9(3-6-11)14(18)17-10-4-7-13(16)12(15)8-10/h2-8H,16H2,1H3,(H,17,18). The second kappa shape index (κ2) is 6.12. The Labute approximate surface area is 124 Å². The molecule has 5 heteroatoms. The Morgan fingerprint density at radius 1 is 1.21 bits per heavy atom. The van der Waals surface area contributed by atoms with Crippen LogP contribution in [0.2, 0.25) is 0 Å². The second-order valence-corrected chi connectivity index (χ2v) is 5.65. The number of nitrogen functional groups attached to an aromatic ring is 1. The van der Waals surface area contributed by atoms with Crippen molar-refractivity contribution in [3.63, 3.8) is 0 Å². The lowest BCUT2D eigenvalue weighted by Gasteiger charge is -2.07. The van der Waals surface area contributed by atoms with Crippen molar-refractivity contribution >= 4 is 45.0 Å². The number of carbonyl (C=O) groups excluding carboxylic acids is 1. The fourth-order valence-corrected chi connectivity index (χ4v) is 2.34. The maximum atomic E-state index is 12.0. The molecule has 19 heavy (non-hydrogen) atoms. The molecule has 0 saturated heterocycles. The van der Waals surface area contributed by atoms with Crippen molar-refractivity contribution in [1.82, 2.24) is 0 Å². The Hall–Kier alpha value is -1.46. The zero-order valence-electron chi connectivity index (χ0n) is 10.3. The molecular formula is C14H13BrN2OS. The average molecular weight is 337 g/mol. The van der Waals surface area contributed by atoms with Gasteiger partial charge in [0.15, 0.2) is 0 Å². The topological polar surface area (TPSA) is 55.1 Å².